The molecule has 1 N–H and O–H groups in total. The van der Waals surface area contributed by atoms with Crippen molar-refractivity contribution in [2.24, 2.45) is 0 Å². The SMILES string of the molecule is O=C(O)c1ccc(/C=C/c2cccc(C(F)(F)F)c2)cc1. The van der Waals surface area contributed by atoms with Gasteiger partial charge in [-0.05, 0) is 35.4 Å². The lowest BCUT2D eigenvalue weighted by molar-refractivity contribution is -0.137. The fourth-order valence-electron chi connectivity index (χ4n) is 1.75. The molecule has 0 saturated carbocycles. The fraction of sp³-hybridized carbons (Fsp3) is 0.0625. The van der Waals surface area contributed by atoms with Gasteiger partial charge in [-0.3, -0.25) is 0 Å². The van der Waals surface area contributed by atoms with Gasteiger partial charge in [0.15, 0.2) is 0 Å². The summed E-state index contributed by atoms with van der Waals surface area (Å²) in [5, 5.41) is 8.77. The van der Waals surface area contributed by atoms with Crippen molar-refractivity contribution in [3.8, 4) is 0 Å². The number of carboxylic acid groups (broad SMARTS) is 1. The fourth-order valence-corrected chi connectivity index (χ4v) is 1.75. The van der Waals surface area contributed by atoms with Gasteiger partial charge < -0.3 is 5.11 Å². The zero-order valence-electron chi connectivity index (χ0n) is 10.8. The summed E-state index contributed by atoms with van der Waals surface area (Å²) in [6.07, 6.45) is -1.20. The summed E-state index contributed by atoms with van der Waals surface area (Å²) in [6, 6.07) is 11.0. The van der Waals surface area contributed by atoms with Gasteiger partial charge in [0, 0.05) is 0 Å². The zero-order valence-corrected chi connectivity index (χ0v) is 10.8. The highest BCUT2D eigenvalue weighted by Crippen LogP contribution is 2.29. The monoisotopic (exact) mass is 292 g/mol. The summed E-state index contributed by atoms with van der Waals surface area (Å²) < 4.78 is 37.7. The lowest BCUT2D eigenvalue weighted by atomic mass is 10.1. The molecule has 0 radical (unpaired) electrons. The van der Waals surface area contributed by atoms with Crippen molar-refractivity contribution in [1.29, 1.82) is 0 Å². The van der Waals surface area contributed by atoms with Crippen molar-refractivity contribution in [2.45, 2.75) is 6.18 Å². The smallest absolute Gasteiger partial charge is 0.416 e. The number of benzene rings is 2. The van der Waals surface area contributed by atoms with Crippen LogP contribution in [0.1, 0.15) is 27.0 Å². The van der Waals surface area contributed by atoms with E-state index in [0.717, 1.165) is 12.1 Å². The molecule has 0 heterocycles. The Balaban J connectivity index is 2.19. The largest absolute Gasteiger partial charge is 0.478 e. The minimum atomic E-state index is -4.37. The Hall–Kier alpha value is -2.56. The minimum absolute atomic E-state index is 0.159. The van der Waals surface area contributed by atoms with E-state index in [0.29, 0.717) is 11.1 Å². The van der Waals surface area contributed by atoms with E-state index in [1.165, 1.54) is 18.2 Å². The number of carboxylic acids is 1. The first kappa shape index (κ1) is 14.8. The maximum Gasteiger partial charge on any atom is 0.416 e. The predicted molar refractivity (Wildman–Crippen MR) is 73.8 cm³/mol. The molecule has 0 amide bonds. The maximum atomic E-state index is 12.6. The Morgan fingerprint density at radius 3 is 2.14 bits per heavy atom. The number of alkyl halides is 3. The second-order valence-corrected chi connectivity index (χ2v) is 4.38. The van der Waals surface area contributed by atoms with E-state index in [1.807, 2.05) is 0 Å². The molecule has 108 valence electrons. The van der Waals surface area contributed by atoms with Crippen LogP contribution in [0.3, 0.4) is 0 Å². The van der Waals surface area contributed by atoms with Crippen LogP contribution in [0.2, 0.25) is 0 Å². The molecule has 0 aliphatic rings. The molecule has 2 rings (SSSR count). The summed E-state index contributed by atoms with van der Waals surface area (Å²) in [5.41, 5.74) is 0.585. The molecule has 0 saturated heterocycles. The van der Waals surface area contributed by atoms with Gasteiger partial charge in [-0.25, -0.2) is 4.79 Å². The van der Waals surface area contributed by atoms with Gasteiger partial charge in [0.2, 0.25) is 0 Å². The number of halogens is 3. The molecule has 0 bridgehead atoms. The van der Waals surface area contributed by atoms with Crippen LogP contribution >= 0.6 is 0 Å². The zero-order chi connectivity index (χ0) is 15.5. The van der Waals surface area contributed by atoms with Crippen molar-refractivity contribution >= 4 is 18.1 Å². The van der Waals surface area contributed by atoms with Crippen LogP contribution in [0.25, 0.3) is 12.2 Å². The van der Waals surface area contributed by atoms with Crippen molar-refractivity contribution in [3.63, 3.8) is 0 Å². The Bertz CT molecular complexity index is 671. The van der Waals surface area contributed by atoms with E-state index in [-0.39, 0.29) is 5.56 Å². The average molecular weight is 292 g/mol. The summed E-state index contributed by atoms with van der Waals surface area (Å²) in [5.74, 6) is -1.02. The minimum Gasteiger partial charge on any atom is -0.478 e. The van der Waals surface area contributed by atoms with Crippen molar-refractivity contribution < 1.29 is 23.1 Å². The molecule has 0 aromatic heterocycles. The van der Waals surface area contributed by atoms with Gasteiger partial charge in [0.25, 0.3) is 0 Å². The molecule has 2 nitrogen and oxygen atoms in total. The molecule has 21 heavy (non-hydrogen) atoms. The van der Waals surface area contributed by atoms with Crippen molar-refractivity contribution in [2.75, 3.05) is 0 Å². The second-order valence-electron chi connectivity index (χ2n) is 4.38. The predicted octanol–water partition coefficient (Wildman–Crippen LogP) is 4.57. The van der Waals surface area contributed by atoms with E-state index in [9.17, 15) is 18.0 Å². The second kappa shape index (κ2) is 5.83. The summed E-state index contributed by atoms with van der Waals surface area (Å²) >= 11 is 0. The Morgan fingerprint density at radius 2 is 1.57 bits per heavy atom. The van der Waals surface area contributed by atoms with Crippen molar-refractivity contribution in [3.05, 3.63) is 70.8 Å². The van der Waals surface area contributed by atoms with Gasteiger partial charge in [0.05, 0.1) is 11.1 Å². The number of aromatic carboxylic acids is 1. The summed E-state index contributed by atoms with van der Waals surface area (Å²) in [4.78, 5) is 10.7. The Labute approximate surface area is 119 Å². The van der Waals surface area contributed by atoms with Gasteiger partial charge in [0.1, 0.15) is 0 Å². The van der Waals surface area contributed by atoms with Crippen molar-refractivity contribution in [1.82, 2.24) is 0 Å². The highest BCUT2D eigenvalue weighted by molar-refractivity contribution is 5.88. The molecule has 2 aromatic rings. The molecule has 0 atom stereocenters. The lowest BCUT2D eigenvalue weighted by Crippen LogP contribution is -2.04. The third-order valence-electron chi connectivity index (χ3n) is 2.84. The lowest BCUT2D eigenvalue weighted by Gasteiger charge is -2.06. The van der Waals surface area contributed by atoms with Gasteiger partial charge in [-0.2, -0.15) is 13.2 Å². The molecule has 0 aliphatic carbocycles. The third-order valence-corrected chi connectivity index (χ3v) is 2.84. The summed E-state index contributed by atoms with van der Waals surface area (Å²) in [6.45, 7) is 0. The number of hydrogen-bond donors (Lipinski definition) is 1. The first-order chi connectivity index (χ1) is 9.86. The van der Waals surface area contributed by atoms with Crippen LogP contribution in [0.15, 0.2) is 48.5 Å². The first-order valence-corrected chi connectivity index (χ1v) is 6.05. The van der Waals surface area contributed by atoms with Crippen LogP contribution < -0.4 is 0 Å². The molecular weight excluding hydrogens is 281 g/mol. The van der Waals surface area contributed by atoms with E-state index >= 15 is 0 Å². The molecule has 5 heteroatoms. The van der Waals surface area contributed by atoms with Crippen LogP contribution in [0.5, 0.6) is 0 Å². The quantitative estimate of drug-likeness (QED) is 0.841. The van der Waals surface area contributed by atoms with Gasteiger partial charge >= 0.3 is 12.1 Å². The summed E-state index contributed by atoms with van der Waals surface area (Å²) in [7, 11) is 0. The topological polar surface area (TPSA) is 37.3 Å². The molecule has 0 unspecified atom stereocenters. The third kappa shape index (κ3) is 3.95. The van der Waals surface area contributed by atoms with Crippen LogP contribution in [0, 0.1) is 0 Å². The highest BCUT2D eigenvalue weighted by atomic mass is 19.4. The van der Waals surface area contributed by atoms with Crippen LogP contribution in [0.4, 0.5) is 13.2 Å². The Kier molecular flexibility index (Phi) is 4.12. The Morgan fingerprint density at radius 1 is 0.952 bits per heavy atom. The molecule has 0 aliphatic heterocycles. The number of hydrogen-bond acceptors (Lipinski definition) is 1. The maximum absolute atomic E-state index is 12.6. The number of carbonyl (C=O) groups is 1. The van der Waals surface area contributed by atoms with E-state index < -0.39 is 17.7 Å². The first-order valence-electron chi connectivity index (χ1n) is 6.05. The molecule has 0 fully saturated rings. The molecular formula is C16H11F3O2. The van der Waals surface area contributed by atoms with E-state index in [1.54, 1.807) is 30.4 Å². The standard InChI is InChI=1S/C16H11F3O2/c17-16(18,19)14-3-1-2-12(10-14)5-4-11-6-8-13(9-7-11)15(20)21/h1-10H,(H,20,21)/b5-4+. The highest BCUT2D eigenvalue weighted by Gasteiger charge is 2.30. The van der Waals surface area contributed by atoms with E-state index in [4.69, 9.17) is 5.11 Å². The molecule has 0 spiro atoms. The normalized spacial score (nSPS) is 11.8. The van der Waals surface area contributed by atoms with E-state index in [2.05, 4.69) is 0 Å². The van der Waals surface area contributed by atoms with Crippen LogP contribution in [-0.2, 0) is 6.18 Å². The number of rotatable bonds is 3. The van der Waals surface area contributed by atoms with Gasteiger partial charge in [-0.15, -0.1) is 0 Å². The average Bonchev–Trinajstić information content (AvgIpc) is 2.45. The molecule has 2 aromatic carbocycles. The van der Waals surface area contributed by atoms with Gasteiger partial charge in [-0.1, -0.05) is 36.4 Å². The van der Waals surface area contributed by atoms with Crippen LogP contribution in [-0.4, -0.2) is 11.1 Å².